The second-order valence-electron chi connectivity index (χ2n) is 5.95. The maximum Gasteiger partial charge on any atom is 0.211 e. The Morgan fingerprint density at radius 3 is 2.68 bits per heavy atom. The summed E-state index contributed by atoms with van der Waals surface area (Å²) in [5.41, 5.74) is 0.755. The highest BCUT2D eigenvalue weighted by Crippen LogP contribution is 2.24. The van der Waals surface area contributed by atoms with E-state index in [2.05, 4.69) is 41.6 Å². The molecule has 0 aliphatic rings. The fourth-order valence-corrected chi connectivity index (χ4v) is 3.94. The SMILES string of the molecule is CCN(CC)C(CNCC(=O)c1cc2ccccc2o1)c1cccs1. The summed E-state index contributed by atoms with van der Waals surface area (Å²) in [6, 6.07) is 14.0. The van der Waals surface area contributed by atoms with E-state index in [0.29, 0.717) is 11.8 Å². The fraction of sp³-hybridized carbons (Fsp3) is 0.350. The summed E-state index contributed by atoms with van der Waals surface area (Å²) in [6.45, 7) is 7.33. The number of Topliss-reactive ketones (excluding diaryl/α,β-unsaturated/α-hetero) is 1. The molecule has 4 nitrogen and oxygen atoms in total. The highest BCUT2D eigenvalue weighted by Gasteiger charge is 2.19. The number of hydrogen-bond donors (Lipinski definition) is 1. The van der Waals surface area contributed by atoms with Crippen LogP contribution < -0.4 is 5.32 Å². The van der Waals surface area contributed by atoms with Crippen molar-refractivity contribution in [3.63, 3.8) is 0 Å². The Morgan fingerprint density at radius 2 is 2.00 bits per heavy atom. The van der Waals surface area contributed by atoms with Crippen LogP contribution >= 0.6 is 11.3 Å². The van der Waals surface area contributed by atoms with Gasteiger partial charge in [-0.3, -0.25) is 9.69 Å². The Balaban J connectivity index is 1.62. The van der Waals surface area contributed by atoms with Crippen LogP contribution in [-0.2, 0) is 0 Å². The lowest BCUT2D eigenvalue weighted by molar-refractivity contribution is 0.0962. The summed E-state index contributed by atoms with van der Waals surface area (Å²) in [5, 5.41) is 6.39. The van der Waals surface area contributed by atoms with Crippen molar-refractivity contribution in [2.45, 2.75) is 19.9 Å². The first-order valence-electron chi connectivity index (χ1n) is 8.72. The predicted octanol–water partition coefficient (Wildman–Crippen LogP) is 4.35. The van der Waals surface area contributed by atoms with Crippen molar-refractivity contribution in [1.82, 2.24) is 10.2 Å². The zero-order valence-electron chi connectivity index (χ0n) is 14.7. The zero-order chi connectivity index (χ0) is 17.6. The molecule has 0 aliphatic heterocycles. The quantitative estimate of drug-likeness (QED) is 0.579. The minimum Gasteiger partial charge on any atom is -0.453 e. The van der Waals surface area contributed by atoms with Crippen molar-refractivity contribution in [1.29, 1.82) is 0 Å². The molecule has 0 spiro atoms. The van der Waals surface area contributed by atoms with E-state index in [0.717, 1.165) is 30.6 Å². The number of furan rings is 1. The van der Waals surface area contributed by atoms with E-state index in [1.165, 1.54) is 4.88 Å². The van der Waals surface area contributed by atoms with Gasteiger partial charge in [0.15, 0.2) is 5.76 Å². The second-order valence-corrected chi connectivity index (χ2v) is 6.93. The number of thiophene rings is 1. The predicted molar refractivity (Wildman–Crippen MR) is 103 cm³/mol. The summed E-state index contributed by atoms with van der Waals surface area (Å²) in [5.74, 6) is 0.407. The third-order valence-electron chi connectivity index (χ3n) is 4.45. The Labute approximate surface area is 152 Å². The molecule has 132 valence electrons. The number of carbonyl (C=O) groups excluding carboxylic acids is 1. The summed E-state index contributed by atoms with van der Waals surface area (Å²) in [7, 11) is 0. The van der Waals surface area contributed by atoms with Gasteiger partial charge in [-0.15, -0.1) is 11.3 Å². The van der Waals surface area contributed by atoms with Gasteiger partial charge in [0.2, 0.25) is 5.78 Å². The van der Waals surface area contributed by atoms with Crippen LogP contribution in [-0.4, -0.2) is 36.9 Å². The first-order valence-corrected chi connectivity index (χ1v) is 9.60. The lowest BCUT2D eigenvalue weighted by atomic mass is 10.2. The summed E-state index contributed by atoms with van der Waals surface area (Å²) >= 11 is 1.76. The molecule has 2 aromatic heterocycles. The Morgan fingerprint density at radius 1 is 1.20 bits per heavy atom. The first-order chi connectivity index (χ1) is 12.2. The standard InChI is InChI=1S/C20H24N2O2S/c1-3-22(4-2)16(20-10-7-11-25-20)13-21-14-17(23)19-12-15-8-5-6-9-18(15)24-19/h5-12,16,21H,3-4,13-14H2,1-2H3. The number of benzene rings is 1. The van der Waals surface area contributed by atoms with Crippen LogP contribution in [0.25, 0.3) is 11.0 Å². The van der Waals surface area contributed by atoms with Crippen LogP contribution in [0.4, 0.5) is 0 Å². The molecule has 1 aromatic carbocycles. The number of carbonyl (C=O) groups is 1. The molecular weight excluding hydrogens is 332 g/mol. The van der Waals surface area contributed by atoms with Crippen LogP contribution in [0.1, 0.15) is 35.3 Å². The van der Waals surface area contributed by atoms with E-state index in [9.17, 15) is 4.79 Å². The number of likely N-dealkylation sites (N-methyl/N-ethyl adjacent to an activating group) is 1. The lowest BCUT2D eigenvalue weighted by Gasteiger charge is -2.29. The molecule has 0 bridgehead atoms. The van der Waals surface area contributed by atoms with E-state index in [-0.39, 0.29) is 12.3 Å². The largest absolute Gasteiger partial charge is 0.453 e. The van der Waals surface area contributed by atoms with E-state index < -0.39 is 0 Å². The first kappa shape index (κ1) is 17.9. The van der Waals surface area contributed by atoms with Gasteiger partial charge < -0.3 is 9.73 Å². The fourth-order valence-electron chi connectivity index (χ4n) is 3.08. The minimum atomic E-state index is -0.0133. The number of fused-ring (bicyclic) bond motifs is 1. The third-order valence-corrected chi connectivity index (χ3v) is 5.42. The molecule has 0 aliphatic carbocycles. The average molecular weight is 356 g/mol. The van der Waals surface area contributed by atoms with Crippen molar-refractivity contribution in [2.24, 2.45) is 0 Å². The molecule has 0 fully saturated rings. The van der Waals surface area contributed by atoms with Gasteiger partial charge in [0, 0.05) is 16.8 Å². The Hall–Kier alpha value is -1.95. The molecule has 1 unspecified atom stereocenters. The third kappa shape index (κ3) is 4.18. The van der Waals surface area contributed by atoms with E-state index in [4.69, 9.17) is 4.42 Å². The van der Waals surface area contributed by atoms with Crippen molar-refractivity contribution in [2.75, 3.05) is 26.2 Å². The zero-order valence-corrected chi connectivity index (χ0v) is 15.5. The van der Waals surface area contributed by atoms with Crippen LogP contribution in [0.3, 0.4) is 0 Å². The Bertz CT molecular complexity index is 773. The molecule has 0 amide bonds. The van der Waals surface area contributed by atoms with Crippen LogP contribution in [0.5, 0.6) is 0 Å². The summed E-state index contributed by atoms with van der Waals surface area (Å²) in [4.78, 5) is 16.2. The number of hydrogen-bond acceptors (Lipinski definition) is 5. The molecule has 25 heavy (non-hydrogen) atoms. The lowest BCUT2D eigenvalue weighted by Crippen LogP contribution is -2.37. The van der Waals surface area contributed by atoms with Gasteiger partial charge in [-0.1, -0.05) is 38.1 Å². The second kappa shape index (κ2) is 8.43. The Kier molecular flexibility index (Phi) is 6.02. The van der Waals surface area contributed by atoms with Gasteiger partial charge in [0.05, 0.1) is 12.6 Å². The maximum atomic E-state index is 12.4. The van der Waals surface area contributed by atoms with Gasteiger partial charge >= 0.3 is 0 Å². The number of ketones is 1. The molecule has 3 aromatic rings. The topological polar surface area (TPSA) is 45.5 Å². The number of rotatable bonds is 9. The van der Waals surface area contributed by atoms with Crippen molar-refractivity contribution >= 4 is 28.1 Å². The van der Waals surface area contributed by atoms with Crippen molar-refractivity contribution in [3.05, 3.63) is 58.5 Å². The smallest absolute Gasteiger partial charge is 0.211 e. The number of nitrogens with zero attached hydrogens (tertiary/aromatic N) is 1. The van der Waals surface area contributed by atoms with E-state index in [1.54, 1.807) is 11.3 Å². The minimum absolute atomic E-state index is 0.0133. The van der Waals surface area contributed by atoms with Crippen molar-refractivity contribution in [3.8, 4) is 0 Å². The van der Waals surface area contributed by atoms with Gasteiger partial charge in [0.1, 0.15) is 5.58 Å². The van der Waals surface area contributed by atoms with Gasteiger partial charge in [-0.2, -0.15) is 0 Å². The molecule has 2 heterocycles. The molecule has 3 rings (SSSR count). The maximum absolute atomic E-state index is 12.4. The molecular formula is C20H24N2O2S. The highest BCUT2D eigenvalue weighted by molar-refractivity contribution is 7.10. The van der Waals surface area contributed by atoms with Gasteiger partial charge in [-0.25, -0.2) is 0 Å². The number of para-hydroxylation sites is 1. The normalized spacial score (nSPS) is 12.8. The van der Waals surface area contributed by atoms with Crippen LogP contribution in [0.2, 0.25) is 0 Å². The molecule has 5 heteroatoms. The van der Waals surface area contributed by atoms with E-state index >= 15 is 0 Å². The number of nitrogens with one attached hydrogen (secondary N) is 1. The van der Waals surface area contributed by atoms with Crippen LogP contribution in [0.15, 0.2) is 52.3 Å². The molecule has 0 saturated carbocycles. The van der Waals surface area contributed by atoms with Gasteiger partial charge in [0.25, 0.3) is 0 Å². The molecule has 1 atom stereocenters. The summed E-state index contributed by atoms with van der Waals surface area (Å²) in [6.07, 6.45) is 0. The van der Waals surface area contributed by atoms with Crippen molar-refractivity contribution < 1.29 is 9.21 Å². The van der Waals surface area contributed by atoms with E-state index in [1.807, 2.05) is 30.3 Å². The van der Waals surface area contributed by atoms with Crippen LogP contribution in [0, 0.1) is 0 Å². The summed E-state index contributed by atoms with van der Waals surface area (Å²) < 4.78 is 5.65. The van der Waals surface area contributed by atoms with Gasteiger partial charge in [-0.05, 0) is 36.7 Å². The highest BCUT2D eigenvalue weighted by atomic mass is 32.1. The monoisotopic (exact) mass is 356 g/mol. The molecule has 0 saturated heterocycles. The molecule has 0 radical (unpaired) electrons. The molecule has 1 N–H and O–H groups in total. The average Bonchev–Trinajstić information content (AvgIpc) is 3.30.